The van der Waals surface area contributed by atoms with E-state index in [1.165, 1.54) is 70.6 Å². The van der Waals surface area contributed by atoms with E-state index < -0.39 is 0 Å². The minimum absolute atomic E-state index is 0. The predicted molar refractivity (Wildman–Crippen MR) is 71.8 cm³/mol. The maximum atomic E-state index is 8.61. The fraction of sp³-hybridized carbons (Fsp3) is 1.00. The Hall–Kier alpha value is -0.0800. The molecule has 100 valence electrons. The lowest BCUT2D eigenvalue weighted by molar-refractivity contribution is 0.282. The first-order valence-electron chi connectivity index (χ1n) is 7.02. The summed E-state index contributed by atoms with van der Waals surface area (Å²) in [6.07, 6.45) is 16.2. The quantitative estimate of drug-likeness (QED) is 0.510. The number of unbranched alkanes of at least 4 members (excludes halogenated alkanes) is 11. The largest absolute Gasteiger partial charge is 0.412 e. The van der Waals surface area contributed by atoms with Crippen LogP contribution in [0.25, 0.3) is 0 Å². The second-order valence-electron chi connectivity index (χ2n) is 4.61. The number of aliphatic hydroxyl groups excluding tert-OH is 1. The second-order valence-corrected chi connectivity index (χ2v) is 4.61. The molecule has 0 heterocycles. The van der Waals surface area contributed by atoms with Crippen molar-refractivity contribution < 1.29 is 10.6 Å². The lowest BCUT2D eigenvalue weighted by Crippen LogP contribution is -1.84. The first kappa shape index (κ1) is 18.3. The highest BCUT2D eigenvalue weighted by atomic mass is 16.2. The van der Waals surface area contributed by atoms with E-state index in [2.05, 4.69) is 6.92 Å². The van der Waals surface area contributed by atoms with Gasteiger partial charge in [-0.25, -0.2) is 0 Å². The molecule has 0 fully saturated rings. The van der Waals surface area contributed by atoms with Gasteiger partial charge in [0.25, 0.3) is 0 Å². The van der Waals surface area contributed by atoms with Gasteiger partial charge in [0.2, 0.25) is 0 Å². The highest BCUT2D eigenvalue weighted by Crippen LogP contribution is 2.11. The summed E-state index contributed by atoms with van der Waals surface area (Å²) in [6.45, 7) is 2.64. The standard InChI is InChI=1S/C14H30O.H2O/c1-2-3-4-5-6-7-8-9-10-11-12-13-14-15;/h15H,2-14H2,1H3;1H2. The van der Waals surface area contributed by atoms with Crippen LogP contribution in [0.4, 0.5) is 0 Å². The van der Waals surface area contributed by atoms with Crippen LogP contribution in [-0.2, 0) is 0 Å². The molecule has 0 aromatic carbocycles. The van der Waals surface area contributed by atoms with Gasteiger partial charge in [-0.05, 0) is 6.42 Å². The van der Waals surface area contributed by atoms with Gasteiger partial charge < -0.3 is 10.6 Å². The lowest BCUT2D eigenvalue weighted by Gasteiger charge is -2.01. The van der Waals surface area contributed by atoms with Crippen LogP contribution in [0.5, 0.6) is 0 Å². The molecule has 0 aliphatic carbocycles. The SMILES string of the molecule is CCCCCCCCCCCCCCO.O. The Morgan fingerprint density at radius 3 is 1.19 bits per heavy atom. The number of hydrogen-bond donors (Lipinski definition) is 1. The van der Waals surface area contributed by atoms with Crippen molar-refractivity contribution in [2.75, 3.05) is 6.61 Å². The van der Waals surface area contributed by atoms with E-state index >= 15 is 0 Å². The Kier molecular flexibility index (Phi) is 19.8. The summed E-state index contributed by atoms with van der Waals surface area (Å²) < 4.78 is 0. The van der Waals surface area contributed by atoms with Gasteiger partial charge in [0.05, 0.1) is 0 Å². The van der Waals surface area contributed by atoms with E-state index in [0.717, 1.165) is 6.42 Å². The summed E-state index contributed by atoms with van der Waals surface area (Å²) in [5, 5.41) is 8.61. The maximum Gasteiger partial charge on any atom is 0.0431 e. The first-order valence-corrected chi connectivity index (χ1v) is 7.02. The topological polar surface area (TPSA) is 51.7 Å². The van der Waals surface area contributed by atoms with Gasteiger partial charge >= 0.3 is 0 Å². The van der Waals surface area contributed by atoms with Crippen molar-refractivity contribution in [2.45, 2.75) is 84.0 Å². The summed E-state index contributed by atoms with van der Waals surface area (Å²) in [4.78, 5) is 0. The highest BCUT2D eigenvalue weighted by molar-refractivity contribution is 4.47. The number of rotatable bonds is 12. The molecule has 0 unspecified atom stereocenters. The zero-order chi connectivity index (χ0) is 11.2. The van der Waals surface area contributed by atoms with Crippen LogP contribution in [0.2, 0.25) is 0 Å². The van der Waals surface area contributed by atoms with E-state index in [9.17, 15) is 0 Å². The van der Waals surface area contributed by atoms with Gasteiger partial charge in [0.1, 0.15) is 0 Å². The molecule has 0 rings (SSSR count). The average molecular weight is 232 g/mol. The number of hydrogen-bond acceptors (Lipinski definition) is 1. The van der Waals surface area contributed by atoms with Crippen molar-refractivity contribution >= 4 is 0 Å². The lowest BCUT2D eigenvalue weighted by atomic mass is 10.1. The molecule has 0 saturated carbocycles. The summed E-state index contributed by atoms with van der Waals surface area (Å²) >= 11 is 0. The molecule has 0 bridgehead atoms. The maximum absolute atomic E-state index is 8.61. The summed E-state index contributed by atoms with van der Waals surface area (Å²) in [7, 11) is 0. The van der Waals surface area contributed by atoms with Crippen molar-refractivity contribution in [3.8, 4) is 0 Å². The third kappa shape index (κ3) is 16.4. The smallest absolute Gasteiger partial charge is 0.0431 e. The molecule has 2 nitrogen and oxygen atoms in total. The first-order chi connectivity index (χ1) is 7.41. The molecule has 0 aromatic rings. The predicted octanol–water partition coefficient (Wildman–Crippen LogP) is 3.86. The number of aliphatic hydroxyl groups is 1. The Labute approximate surface area is 102 Å². The molecule has 3 N–H and O–H groups in total. The summed E-state index contributed by atoms with van der Waals surface area (Å²) in [5.41, 5.74) is 0. The monoisotopic (exact) mass is 232 g/mol. The zero-order valence-corrected chi connectivity index (χ0v) is 11.1. The van der Waals surface area contributed by atoms with Gasteiger partial charge in [-0.15, -0.1) is 0 Å². The van der Waals surface area contributed by atoms with Gasteiger partial charge in [0, 0.05) is 6.61 Å². The van der Waals surface area contributed by atoms with E-state index in [-0.39, 0.29) is 5.48 Å². The molecular formula is C14H32O2. The van der Waals surface area contributed by atoms with Crippen LogP contribution in [0.15, 0.2) is 0 Å². The van der Waals surface area contributed by atoms with E-state index in [1.807, 2.05) is 0 Å². The van der Waals surface area contributed by atoms with Gasteiger partial charge in [0.15, 0.2) is 0 Å². The molecule has 2 heteroatoms. The third-order valence-corrected chi connectivity index (χ3v) is 3.01. The summed E-state index contributed by atoms with van der Waals surface area (Å²) in [5.74, 6) is 0. The van der Waals surface area contributed by atoms with Gasteiger partial charge in [-0.1, -0.05) is 77.6 Å². The van der Waals surface area contributed by atoms with Crippen molar-refractivity contribution in [2.24, 2.45) is 0 Å². The van der Waals surface area contributed by atoms with Crippen molar-refractivity contribution in [3.63, 3.8) is 0 Å². The van der Waals surface area contributed by atoms with Crippen LogP contribution in [-0.4, -0.2) is 17.2 Å². The van der Waals surface area contributed by atoms with Crippen LogP contribution in [0.1, 0.15) is 84.0 Å². The Balaban J connectivity index is 0. The molecular weight excluding hydrogens is 200 g/mol. The van der Waals surface area contributed by atoms with Crippen LogP contribution in [0.3, 0.4) is 0 Å². The second kappa shape index (κ2) is 17.3. The van der Waals surface area contributed by atoms with Gasteiger partial charge in [-0.2, -0.15) is 0 Å². The van der Waals surface area contributed by atoms with E-state index in [0.29, 0.717) is 6.61 Å². The molecule has 0 spiro atoms. The molecule has 0 aliphatic heterocycles. The fourth-order valence-corrected chi connectivity index (χ4v) is 1.95. The molecule has 0 aliphatic rings. The Morgan fingerprint density at radius 2 is 0.875 bits per heavy atom. The van der Waals surface area contributed by atoms with E-state index in [4.69, 9.17) is 5.11 Å². The minimum atomic E-state index is 0. The third-order valence-electron chi connectivity index (χ3n) is 3.01. The minimum Gasteiger partial charge on any atom is -0.412 e. The van der Waals surface area contributed by atoms with Crippen LogP contribution < -0.4 is 0 Å². The normalized spacial score (nSPS) is 10.1. The van der Waals surface area contributed by atoms with E-state index in [1.54, 1.807) is 0 Å². The Morgan fingerprint density at radius 1 is 0.562 bits per heavy atom. The van der Waals surface area contributed by atoms with Gasteiger partial charge in [-0.3, -0.25) is 0 Å². The molecule has 0 atom stereocenters. The van der Waals surface area contributed by atoms with Crippen LogP contribution in [0, 0.1) is 0 Å². The van der Waals surface area contributed by atoms with Crippen molar-refractivity contribution in [3.05, 3.63) is 0 Å². The highest BCUT2D eigenvalue weighted by Gasteiger charge is 1.92. The fourth-order valence-electron chi connectivity index (χ4n) is 1.95. The molecule has 16 heavy (non-hydrogen) atoms. The molecule has 0 amide bonds. The molecule has 0 aromatic heterocycles. The summed E-state index contributed by atoms with van der Waals surface area (Å²) in [6, 6.07) is 0. The average Bonchev–Trinajstić information content (AvgIpc) is 2.26. The molecule has 0 radical (unpaired) electrons. The van der Waals surface area contributed by atoms with Crippen molar-refractivity contribution in [1.29, 1.82) is 0 Å². The zero-order valence-electron chi connectivity index (χ0n) is 11.1. The van der Waals surface area contributed by atoms with Crippen LogP contribution >= 0.6 is 0 Å². The van der Waals surface area contributed by atoms with Crippen molar-refractivity contribution in [1.82, 2.24) is 0 Å². The Bertz CT molecular complexity index is 92.9. The molecule has 0 saturated heterocycles.